The monoisotopic (exact) mass is 293 g/mol. The lowest BCUT2D eigenvalue weighted by Crippen LogP contribution is -2.22. The van der Waals surface area contributed by atoms with Crippen molar-refractivity contribution in [3.63, 3.8) is 0 Å². The van der Waals surface area contributed by atoms with E-state index in [4.69, 9.17) is 9.84 Å². The van der Waals surface area contributed by atoms with Gasteiger partial charge in [0, 0.05) is 41.9 Å². The van der Waals surface area contributed by atoms with Crippen LogP contribution in [0, 0.1) is 17.8 Å². The molecule has 0 aliphatic heterocycles. The van der Waals surface area contributed by atoms with E-state index < -0.39 is 0 Å². The quantitative estimate of drug-likeness (QED) is 0.590. The molecule has 0 spiro atoms. The molecule has 1 heterocycles. The average Bonchev–Trinajstić information content (AvgIpc) is 3.16. The summed E-state index contributed by atoms with van der Waals surface area (Å²) in [6.07, 6.45) is 3.25. The summed E-state index contributed by atoms with van der Waals surface area (Å²) >= 11 is 1.74. The van der Waals surface area contributed by atoms with Crippen molar-refractivity contribution in [1.82, 2.24) is 4.90 Å². The number of nitrogens with zero attached hydrogens (tertiary/aromatic N) is 1. The lowest BCUT2D eigenvalue weighted by Gasteiger charge is -2.15. The van der Waals surface area contributed by atoms with Gasteiger partial charge in [0.15, 0.2) is 0 Å². The average molecular weight is 293 g/mol. The highest BCUT2D eigenvalue weighted by Crippen LogP contribution is 2.28. The van der Waals surface area contributed by atoms with Crippen LogP contribution in [0.1, 0.15) is 29.7 Å². The van der Waals surface area contributed by atoms with Crippen molar-refractivity contribution in [1.29, 1.82) is 0 Å². The van der Waals surface area contributed by atoms with Crippen LogP contribution >= 0.6 is 11.3 Å². The Balaban J connectivity index is 1.65. The Morgan fingerprint density at radius 1 is 1.50 bits per heavy atom. The first-order valence-corrected chi connectivity index (χ1v) is 8.09. The van der Waals surface area contributed by atoms with Crippen molar-refractivity contribution in [2.24, 2.45) is 5.92 Å². The number of hydrogen-bond acceptors (Lipinski definition) is 4. The predicted octanol–water partition coefficient (Wildman–Crippen LogP) is 2.34. The fourth-order valence-electron chi connectivity index (χ4n) is 1.85. The van der Waals surface area contributed by atoms with E-state index in [-0.39, 0.29) is 6.61 Å². The second-order valence-electron chi connectivity index (χ2n) is 5.33. The van der Waals surface area contributed by atoms with Gasteiger partial charge in [-0.15, -0.1) is 11.3 Å². The zero-order valence-corrected chi connectivity index (χ0v) is 12.9. The first-order chi connectivity index (χ1) is 9.78. The van der Waals surface area contributed by atoms with Crippen LogP contribution in [0.2, 0.25) is 0 Å². The van der Waals surface area contributed by atoms with Gasteiger partial charge in [0.1, 0.15) is 0 Å². The summed E-state index contributed by atoms with van der Waals surface area (Å²) in [5, 5.41) is 10.8. The molecule has 20 heavy (non-hydrogen) atoms. The van der Waals surface area contributed by atoms with E-state index in [1.165, 1.54) is 17.7 Å². The zero-order valence-electron chi connectivity index (χ0n) is 12.1. The summed E-state index contributed by atoms with van der Waals surface area (Å²) < 4.78 is 5.65. The van der Waals surface area contributed by atoms with Crippen LogP contribution in [-0.2, 0) is 11.3 Å². The van der Waals surface area contributed by atoms with Gasteiger partial charge in [0.2, 0.25) is 0 Å². The number of ether oxygens (including phenoxy) is 1. The minimum atomic E-state index is 0.133. The van der Waals surface area contributed by atoms with E-state index in [9.17, 15) is 0 Å². The molecule has 0 unspecified atom stereocenters. The molecule has 0 atom stereocenters. The Bertz CT molecular complexity index is 457. The maximum Gasteiger partial charge on any atom is 0.0593 e. The summed E-state index contributed by atoms with van der Waals surface area (Å²) in [5.41, 5.74) is 1.05. The predicted molar refractivity (Wildman–Crippen MR) is 82.8 cm³/mol. The van der Waals surface area contributed by atoms with Gasteiger partial charge in [-0.25, -0.2) is 0 Å². The third-order valence-corrected chi connectivity index (χ3v) is 4.14. The lowest BCUT2D eigenvalue weighted by atomic mass is 10.3. The van der Waals surface area contributed by atoms with Crippen molar-refractivity contribution < 1.29 is 9.84 Å². The van der Waals surface area contributed by atoms with Gasteiger partial charge in [-0.05, 0) is 31.9 Å². The number of likely N-dealkylation sites (N-methyl/N-ethyl adjacent to an activating group) is 1. The fraction of sp³-hybridized carbons (Fsp3) is 0.625. The minimum absolute atomic E-state index is 0.133. The van der Waals surface area contributed by atoms with Crippen LogP contribution in [0.5, 0.6) is 0 Å². The lowest BCUT2D eigenvalue weighted by molar-refractivity contribution is 0.102. The Morgan fingerprint density at radius 3 is 3.10 bits per heavy atom. The van der Waals surface area contributed by atoms with E-state index in [2.05, 4.69) is 35.2 Å². The van der Waals surface area contributed by atoms with Gasteiger partial charge in [-0.1, -0.05) is 11.8 Å². The van der Waals surface area contributed by atoms with Crippen molar-refractivity contribution >= 4 is 11.3 Å². The highest BCUT2D eigenvalue weighted by atomic mass is 32.1. The Hall–Kier alpha value is -0.860. The first kappa shape index (κ1) is 15.5. The van der Waals surface area contributed by atoms with Crippen LogP contribution in [0.25, 0.3) is 0 Å². The van der Waals surface area contributed by atoms with E-state index in [1.807, 2.05) is 0 Å². The second kappa shape index (κ2) is 8.43. The fourth-order valence-corrected chi connectivity index (χ4v) is 2.74. The number of rotatable bonds is 8. The molecule has 0 bridgehead atoms. The molecule has 110 valence electrons. The molecule has 0 saturated heterocycles. The molecule has 1 N–H and O–H groups in total. The first-order valence-electron chi connectivity index (χ1n) is 7.21. The Morgan fingerprint density at radius 2 is 2.35 bits per heavy atom. The summed E-state index contributed by atoms with van der Waals surface area (Å²) in [6.45, 7) is 3.81. The maximum atomic E-state index is 8.69. The van der Waals surface area contributed by atoms with Crippen molar-refractivity contribution in [2.75, 3.05) is 33.4 Å². The molecule has 1 aromatic heterocycles. The zero-order chi connectivity index (χ0) is 14.2. The van der Waals surface area contributed by atoms with E-state index in [1.54, 1.807) is 11.3 Å². The van der Waals surface area contributed by atoms with Crippen LogP contribution < -0.4 is 0 Å². The standard InChI is InChI=1S/C16H23NO2S/c1-17(7-9-19-12-14-5-6-14)11-16-10-15(13-20-16)4-2-3-8-18/h10,13-14,18H,3,5-9,11-12H2,1H3. The highest BCUT2D eigenvalue weighted by Gasteiger charge is 2.20. The third-order valence-electron chi connectivity index (χ3n) is 3.22. The van der Waals surface area contributed by atoms with Crippen molar-refractivity contribution in [3.05, 3.63) is 21.9 Å². The molecule has 1 aliphatic rings. The van der Waals surface area contributed by atoms with Crippen molar-refractivity contribution in [3.8, 4) is 11.8 Å². The largest absolute Gasteiger partial charge is 0.395 e. The molecule has 1 fully saturated rings. The van der Waals surface area contributed by atoms with Gasteiger partial charge >= 0.3 is 0 Å². The van der Waals surface area contributed by atoms with Gasteiger partial charge in [-0.2, -0.15) is 0 Å². The van der Waals surface area contributed by atoms with Crippen LogP contribution in [0.3, 0.4) is 0 Å². The Kier molecular flexibility index (Phi) is 6.55. The van der Waals surface area contributed by atoms with Gasteiger partial charge in [0.25, 0.3) is 0 Å². The van der Waals surface area contributed by atoms with Gasteiger partial charge in [-0.3, -0.25) is 4.90 Å². The molecule has 1 aliphatic carbocycles. The number of aliphatic hydroxyl groups is 1. The SMILES string of the molecule is CN(CCOCC1CC1)Cc1cc(C#CCCO)cs1. The van der Waals surface area contributed by atoms with E-state index in [0.717, 1.165) is 37.8 Å². The van der Waals surface area contributed by atoms with Crippen molar-refractivity contribution in [2.45, 2.75) is 25.8 Å². The number of thiophene rings is 1. The van der Waals surface area contributed by atoms with E-state index in [0.29, 0.717) is 6.42 Å². The molecule has 2 rings (SSSR count). The summed E-state index contributed by atoms with van der Waals surface area (Å²) in [6, 6.07) is 2.14. The summed E-state index contributed by atoms with van der Waals surface area (Å²) in [4.78, 5) is 3.60. The molecule has 0 radical (unpaired) electrons. The Labute approximate surface area is 125 Å². The number of hydrogen-bond donors (Lipinski definition) is 1. The van der Waals surface area contributed by atoms with Crippen LogP contribution in [0.4, 0.5) is 0 Å². The topological polar surface area (TPSA) is 32.7 Å². The maximum absolute atomic E-state index is 8.69. The summed E-state index contributed by atoms with van der Waals surface area (Å²) in [7, 11) is 2.12. The molecule has 4 heteroatoms. The van der Waals surface area contributed by atoms with Crippen LogP contribution in [-0.4, -0.2) is 43.4 Å². The molecule has 0 amide bonds. The van der Waals surface area contributed by atoms with E-state index >= 15 is 0 Å². The number of aliphatic hydroxyl groups excluding tert-OH is 1. The molecule has 0 aromatic carbocycles. The normalized spacial score (nSPS) is 14.3. The van der Waals surface area contributed by atoms with Gasteiger partial charge < -0.3 is 9.84 Å². The molecular weight excluding hydrogens is 270 g/mol. The minimum Gasteiger partial charge on any atom is -0.395 e. The van der Waals surface area contributed by atoms with Crippen LogP contribution in [0.15, 0.2) is 11.4 Å². The van der Waals surface area contributed by atoms with Gasteiger partial charge in [0.05, 0.1) is 13.2 Å². The molecule has 3 nitrogen and oxygen atoms in total. The smallest absolute Gasteiger partial charge is 0.0593 e. The third kappa shape index (κ3) is 6.06. The molecule has 1 saturated carbocycles. The summed E-state index contributed by atoms with van der Waals surface area (Å²) in [5.74, 6) is 6.86. The molecular formula is C16H23NO2S. The second-order valence-corrected chi connectivity index (χ2v) is 6.33. The molecule has 1 aromatic rings. The highest BCUT2D eigenvalue weighted by molar-refractivity contribution is 7.10.